The maximum Gasteiger partial charge on any atom is 0.305 e. The van der Waals surface area contributed by atoms with Crippen LogP contribution in [0.4, 0.5) is 0 Å². The van der Waals surface area contributed by atoms with E-state index in [0.29, 0.717) is 24.9 Å². The number of carboxylic acids is 1. The molecule has 244 valence electrons. The van der Waals surface area contributed by atoms with Gasteiger partial charge in [0, 0.05) is 13.0 Å². The Balaban J connectivity index is 2.42. The fraction of sp³-hybridized carbons (Fsp3) is 0.571. The van der Waals surface area contributed by atoms with E-state index in [0.717, 1.165) is 6.42 Å². The van der Waals surface area contributed by atoms with Gasteiger partial charge in [-0.1, -0.05) is 30.3 Å². The number of guanidine groups is 1. The first-order valence-electron chi connectivity index (χ1n) is 14.6. The summed E-state index contributed by atoms with van der Waals surface area (Å²) in [6, 6.07) is 4.17. The Bertz CT molecular complexity index is 1120. The number of amides is 4. The molecule has 0 saturated carbocycles. The number of nitrogens with two attached hydrogens (primary N) is 1. The van der Waals surface area contributed by atoms with Crippen LogP contribution in [0.1, 0.15) is 44.1 Å². The number of hydrogen-bond donors (Lipinski definition) is 11. The summed E-state index contributed by atoms with van der Waals surface area (Å²) in [7, 11) is 1.80. The first kappa shape index (κ1) is 35.9. The monoisotopic (exact) mass is 619 g/mol. The van der Waals surface area contributed by atoms with E-state index in [-0.39, 0.29) is 31.8 Å². The second-order valence-corrected chi connectivity index (χ2v) is 10.6. The minimum atomic E-state index is -1.51. The quantitative estimate of drug-likeness (QED) is 0.0611. The van der Waals surface area contributed by atoms with Gasteiger partial charge in [0.2, 0.25) is 23.6 Å². The third-order valence-electron chi connectivity index (χ3n) is 6.94. The summed E-state index contributed by atoms with van der Waals surface area (Å²) >= 11 is 0. The molecule has 1 aliphatic rings. The van der Waals surface area contributed by atoms with Crippen molar-refractivity contribution in [3.63, 3.8) is 0 Å². The Kier molecular flexibility index (Phi) is 15.6. The minimum Gasteiger partial charge on any atom is -0.481 e. The van der Waals surface area contributed by atoms with Crippen LogP contribution in [0.3, 0.4) is 0 Å². The first-order valence-corrected chi connectivity index (χ1v) is 14.6. The largest absolute Gasteiger partial charge is 0.481 e. The van der Waals surface area contributed by atoms with Crippen molar-refractivity contribution in [1.82, 2.24) is 37.2 Å². The first-order chi connectivity index (χ1) is 21.0. The molecule has 0 radical (unpaired) electrons. The lowest BCUT2D eigenvalue weighted by atomic mass is 10.0. The maximum atomic E-state index is 13.6. The molecule has 0 bridgehead atoms. The van der Waals surface area contributed by atoms with E-state index < -0.39 is 73.0 Å². The Morgan fingerprint density at radius 1 is 0.909 bits per heavy atom. The number of nitrogens with one attached hydrogen (secondary N) is 8. The summed E-state index contributed by atoms with van der Waals surface area (Å²) in [5.41, 5.74) is 6.03. The highest BCUT2D eigenvalue weighted by Gasteiger charge is 2.33. The molecule has 1 heterocycles. The summed E-state index contributed by atoms with van der Waals surface area (Å²) in [6.07, 6.45) is -0.00310. The highest BCUT2D eigenvalue weighted by atomic mass is 16.4. The molecule has 0 aromatic heterocycles. The second kappa shape index (κ2) is 19.1. The molecule has 1 fully saturated rings. The van der Waals surface area contributed by atoms with Crippen molar-refractivity contribution in [3.8, 4) is 0 Å². The molecular formula is C28H45N9O7. The van der Waals surface area contributed by atoms with Crippen LogP contribution in [0.25, 0.3) is 0 Å². The van der Waals surface area contributed by atoms with Crippen molar-refractivity contribution < 1.29 is 34.2 Å². The second-order valence-electron chi connectivity index (χ2n) is 10.6. The van der Waals surface area contributed by atoms with Gasteiger partial charge in [0.1, 0.15) is 24.4 Å². The van der Waals surface area contributed by atoms with Gasteiger partial charge in [-0.15, -0.1) is 0 Å². The number of aliphatic hydroxyl groups excluding tert-OH is 1. The lowest BCUT2D eigenvalue weighted by Gasteiger charge is -2.28. The molecule has 2 rings (SSSR count). The molecule has 1 saturated heterocycles. The third-order valence-corrected chi connectivity index (χ3v) is 6.94. The van der Waals surface area contributed by atoms with Gasteiger partial charge in [0.25, 0.3) is 0 Å². The van der Waals surface area contributed by atoms with Gasteiger partial charge in [-0.3, -0.25) is 34.7 Å². The van der Waals surface area contributed by atoms with Crippen molar-refractivity contribution in [1.29, 1.82) is 5.41 Å². The molecule has 44 heavy (non-hydrogen) atoms. The van der Waals surface area contributed by atoms with E-state index in [2.05, 4.69) is 37.2 Å². The number of rotatable bonds is 13. The predicted octanol–water partition coefficient (Wildman–Crippen LogP) is -2.78. The van der Waals surface area contributed by atoms with Crippen LogP contribution in [-0.2, 0) is 30.4 Å². The van der Waals surface area contributed by atoms with E-state index in [1.54, 1.807) is 37.4 Å². The molecule has 1 aliphatic heterocycles. The van der Waals surface area contributed by atoms with Gasteiger partial charge in [0.05, 0.1) is 19.0 Å². The van der Waals surface area contributed by atoms with Crippen molar-refractivity contribution >= 4 is 35.6 Å². The van der Waals surface area contributed by atoms with Crippen LogP contribution in [0.2, 0.25) is 0 Å². The fourth-order valence-electron chi connectivity index (χ4n) is 4.63. The number of carbonyl (C=O) groups excluding carboxylic acids is 4. The summed E-state index contributed by atoms with van der Waals surface area (Å²) in [5, 5.41) is 46.3. The Hall–Kier alpha value is -4.28. The molecule has 4 amide bonds. The maximum absolute atomic E-state index is 13.6. The van der Waals surface area contributed by atoms with Crippen molar-refractivity contribution in [3.05, 3.63) is 35.9 Å². The average Bonchev–Trinajstić information content (AvgIpc) is 2.97. The predicted molar refractivity (Wildman–Crippen MR) is 161 cm³/mol. The number of carboxylic acid groups (broad SMARTS) is 1. The SMILES string of the molecule is CNCCCC[C@@H]1NC(=O)[C@@H](Cc2ccccc2)NC(=O)[C@H](CC(=O)O)NC(=O)CNC(O)[C@H](CCCNC(=N)N)NC1=O. The Labute approximate surface area is 256 Å². The highest BCUT2D eigenvalue weighted by molar-refractivity contribution is 5.96. The Morgan fingerprint density at radius 3 is 2.23 bits per heavy atom. The lowest BCUT2D eigenvalue weighted by molar-refractivity contribution is -0.141. The third kappa shape index (κ3) is 13.4. The van der Waals surface area contributed by atoms with Gasteiger partial charge < -0.3 is 47.8 Å². The van der Waals surface area contributed by atoms with E-state index in [4.69, 9.17) is 11.1 Å². The summed E-state index contributed by atoms with van der Waals surface area (Å²) < 4.78 is 0. The average molecular weight is 620 g/mol. The topological polar surface area (TPSA) is 260 Å². The normalized spacial score (nSPS) is 23.6. The van der Waals surface area contributed by atoms with Crippen LogP contribution < -0.4 is 43.0 Å². The van der Waals surface area contributed by atoms with Gasteiger partial charge in [-0.05, 0) is 51.3 Å². The zero-order valence-corrected chi connectivity index (χ0v) is 24.9. The molecule has 1 aromatic carbocycles. The molecule has 5 atom stereocenters. The van der Waals surface area contributed by atoms with Gasteiger partial charge in [0.15, 0.2) is 5.96 Å². The molecule has 1 aromatic rings. The van der Waals surface area contributed by atoms with Crippen LogP contribution in [0.5, 0.6) is 0 Å². The van der Waals surface area contributed by atoms with E-state index in [9.17, 15) is 34.2 Å². The van der Waals surface area contributed by atoms with Gasteiger partial charge in [-0.2, -0.15) is 0 Å². The number of aliphatic carboxylic acids is 1. The van der Waals surface area contributed by atoms with Crippen molar-refractivity contribution in [2.75, 3.05) is 26.7 Å². The number of unbranched alkanes of at least 4 members (excludes halogenated alkanes) is 1. The smallest absolute Gasteiger partial charge is 0.305 e. The molecule has 1 unspecified atom stereocenters. The number of aliphatic hydroxyl groups is 1. The zero-order chi connectivity index (χ0) is 32.5. The standard InChI is InChI=1S/C28H45N9O7/c1-31-12-6-5-10-19-25(42)35-18(11-7-13-32-28(29)30)24(41)33-16-22(38)34-21(15-23(39)40)27(44)37-20(26(43)36-19)14-17-8-3-2-4-9-17/h2-4,8-9,18-21,24,31,33,41H,5-7,10-16H2,1H3,(H,34,38)(H,35,42)(H,36,43)(H,37,44)(H,39,40)(H4,29,30,32)/t18-,19-,20+,21-,24?/m0/s1. The number of hydrogen-bond acceptors (Lipinski definition) is 9. The molecule has 16 heteroatoms. The molecule has 16 nitrogen and oxygen atoms in total. The van der Waals surface area contributed by atoms with E-state index in [1.807, 2.05) is 0 Å². The summed E-state index contributed by atoms with van der Waals surface area (Å²) in [6.45, 7) is 0.473. The van der Waals surface area contributed by atoms with Gasteiger partial charge in [-0.25, -0.2) is 0 Å². The van der Waals surface area contributed by atoms with E-state index >= 15 is 0 Å². The van der Waals surface area contributed by atoms with E-state index in [1.165, 1.54) is 0 Å². The van der Waals surface area contributed by atoms with Crippen LogP contribution in [0, 0.1) is 5.41 Å². The summed E-state index contributed by atoms with van der Waals surface area (Å²) in [5.74, 6) is -4.50. The van der Waals surface area contributed by atoms with Gasteiger partial charge >= 0.3 is 5.97 Å². The Morgan fingerprint density at radius 2 is 1.57 bits per heavy atom. The number of benzene rings is 1. The van der Waals surface area contributed by atoms with Crippen LogP contribution in [-0.4, -0.2) is 103 Å². The van der Waals surface area contributed by atoms with Crippen molar-refractivity contribution in [2.24, 2.45) is 5.73 Å². The molecular weight excluding hydrogens is 574 g/mol. The number of carbonyl (C=O) groups is 5. The highest BCUT2D eigenvalue weighted by Crippen LogP contribution is 2.09. The molecule has 12 N–H and O–H groups in total. The van der Waals surface area contributed by atoms with Crippen molar-refractivity contribution in [2.45, 2.75) is 75.3 Å². The van der Waals surface area contributed by atoms with Crippen LogP contribution in [0.15, 0.2) is 30.3 Å². The minimum absolute atomic E-state index is 0.0340. The zero-order valence-electron chi connectivity index (χ0n) is 24.9. The fourth-order valence-corrected chi connectivity index (χ4v) is 4.63. The summed E-state index contributed by atoms with van der Waals surface area (Å²) in [4.78, 5) is 64.6. The lowest BCUT2D eigenvalue weighted by Crippen LogP contribution is -2.58. The molecule has 0 spiro atoms. The molecule has 0 aliphatic carbocycles. The van der Waals surface area contributed by atoms with Crippen LogP contribution >= 0.6 is 0 Å².